The van der Waals surface area contributed by atoms with Crippen LogP contribution in [0.5, 0.6) is 0 Å². The number of hydrogen-bond donors (Lipinski definition) is 1. The minimum absolute atomic E-state index is 0.0785. The second-order valence-electron chi connectivity index (χ2n) is 9.15. The van der Waals surface area contributed by atoms with Crippen molar-refractivity contribution in [2.24, 2.45) is 28.7 Å². The quantitative estimate of drug-likeness (QED) is 0.304. The van der Waals surface area contributed by atoms with Gasteiger partial charge in [0.15, 0.2) is 0 Å². The third-order valence-electron chi connectivity index (χ3n) is 7.03. The zero-order chi connectivity index (χ0) is 20.6. The highest BCUT2D eigenvalue weighted by Crippen LogP contribution is 2.45. The van der Waals surface area contributed by atoms with Crippen molar-refractivity contribution in [1.82, 2.24) is 0 Å². The molecule has 2 saturated heterocycles. The molecule has 0 aromatic heterocycles. The zero-order valence-electron chi connectivity index (χ0n) is 17.8. The summed E-state index contributed by atoms with van der Waals surface area (Å²) in [6, 6.07) is 0. The predicted molar refractivity (Wildman–Crippen MR) is 114 cm³/mol. The number of unbranched alkanes of at least 4 members (excludes halogenated alkanes) is 1. The number of carbonyl (C=O) groups is 2. The third kappa shape index (κ3) is 6.24. The van der Waals surface area contributed by atoms with Gasteiger partial charge in [0.1, 0.15) is 5.78 Å². The maximum Gasteiger partial charge on any atom is 0.303 e. The van der Waals surface area contributed by atoms with Crippen LogP contribution in [0.4, 0.5) is 0 Å². The van der Waals surface area contributed by atoms with Crippen molar-refractivity contribution in [3.05, 3.63) is 12.2 Å². The Hall–Kier alpha value is -1.49. The lowest BCUT2D eigenvalue weighted by atomic mass is 9.77. The molecule has 2 heterocycles. The van der Waals surface area contributed by atoms with Crippen molar-refractivity contribution in [3.8, 4) is 0 Å². The van der Waals surface area contributed by atoms with E-state index in [1.54, 1.807) is 0 Å². The fourth-order valence-electron chi connectivity index (χ4n) is 5.37. The summed E-state index contributed by atoms with van der Waals surface area (Å²) in [6.45, 7) is 2.75. The number of aliphatic imine (C=N–C) groups is 1. The molecule has 1 N–H and O–H groups in total. The number of rotatable bonds is 11. The lowest BCUT2D eigenvalue weighted by molar-refractivity contribution is -0.137. The van der Waals surface area contributed by atoms with E-state index in [1.165, 1.54) is 19.3 Å². The Labute approximate surface area is 175 Å². The van der Waals surface area contributed by atoms with Gasteiger partial charge in [-0.3, -0.25) is 14.6 Å². The molecule has 1 saturated carbocycles. The van der Waals surface area contributed by atoms with E-state index < -0.39 is 5.97 Å². The first-order valence-electron chi connectivity index (χ1n) is 11.6. The molecular weight excluding hydrogens is 366 g/mol. The predicted octanol–water partition coefficient (Wildman–Crippen LogP) is 4.84. The fraction of sp³-hybridized carbons (Fsp3) is 0.792. The van der Waals surface area contributed by atoms with Crippen LogP contribution >= 0.6 is 0 Å². The van der Waals surface area contributed by atoms with Crippen LogP contribution in [0.15, 0.2) is 17.1 Å². The number of carboxylic acid groups (broad SMARTS) is 1. The van der Waals surface area contributed by atoms with Gasteiger partial charge in [0, 0.05) is 31.0 Å². The van der Waals surface area contributed by atoms with Gasteiger partial charge in [-0.05, 0) is 50.9 Å². The van der Waals surface area contributed by atoms with Gasteiger partial charge in [0.25, 0.3) is 0 Å². The molecule has 3 fully saturated rings. The molecule has 2 bridgehead atoms. The Bertz CT molecular complexity index is 608. The van der Waals surface area contributed by atoms with Crippen molar-refractivity contribution in [2.45, 2.75) is 89.8 Å². The number of aliphatic carboxylic acids is 1. The Morgan fingerprint density at radius 2 is 1.79 bits per heavy atom. The molecule has 0 aromatic carbocycles. The van der Waals surface area contributed by atoms with Crippen LogP contribution < -0.4 is 0 Å². The van der Waals surface area contributed by atoms with Crippen molar-refractivity contribution >= 4 is 18.0 Å². The van der Waals surface area contributed by atoms with Crippen molar-refractivity contribution in [2.75, 3.05) is 6.54 Å². The summed E-state index contributed by atoms with van der Waals surface area (Å²) in [4.78, 5) is 27.9. The summed E-state index contributed by atoms with van der Waals surface area (Å²) in [5.41, 5.74) is 0. The highest BCUT2D eigenvalue weighted by atomic mass is 16.5. The van der Waals surface area contributed by atoms with Crippen molar-refractivity contribution in [1.29, 1.82) is 0 Å². The maximum absolute atomic E-state index is 12.6. The molecule has 3 aliphatic rings. The molecule has 5 heteroatoms. The first-order valence-corrected chi connectivity index (χ1v) is 11.6. The summed E-state index contributed by atoms with van der Waals surface area (Å²) in [5, 5.41) is 8.70. The van der Waals surface area contributed by atoms with Gasteiger partial charge < -0.3 is 9.84 Å². The number of ketones is 1. The molecule has 29 heavy (non-hydrogen) atoms. The maximum atomic E-state index is 12.6. The van der Waals surface area contributed by atoms with Crippen LogP contribution in [0.2, 0.25) is 0 Å². The zero-order valence-corrected chi connectivity index (χ0v) is 17.8. The molecule has 5 nitrogen and oxygen atoms in total. The number of allylic oxidation sites excluding steroid dienone is 2. The normalized spacial score (nSPS) is 31.1. The molecule has 1 aliphatic carbocycles. The highest BCUT2D eigenvalue weighted by Gasteiger charge is 2.47. The number of Topliss-reactive ketones (excluding diaryl/α,β-unsaturated/α-hetero) is 1. The van der Waals surface area contributed by atoms with E-state index in [0.29, 0.717) is 36.2 Å². The minimum Gasteiger partial charge on any atom is -0.481 e. The van der Waals surface area contributed by atoms with Crippen molar-refractivity contribution < 1.29 is 19.4 Å². The molecule has 0 radical (unpaired) electrons. The first-order chi connectivity index (χ1) is 14.1. The number of carboxylic acids is 1. The van der Waals surface area contributed by atoms with Crippen LogP contribution in [-0.2, 0) is 14.3 Å². The number of ether oxygens (including phenoxy) is 1. The Morgan fingerprint density at radius 1 is 1.07 bits per heavy atom. The lowest BCUT2D eigenvalue weighted by Gasteiger charge is -2.26. The van der Waals surface area contributed by atoms with Crippen LogP contribution in [0.1, 0.15) is 77.6 Å². The van der Waals surface area contributed by atoms with E-state index in [0.717, 1.165) is 45.1 Å². The third-order valence-corrected chi connectivity index (χ3v) is 7.03. The summed E-state index contributed by atoms with van der Waals surface area (Å²) in [7, 11) is 0. The standard InChI is InChI=1S/C24H37NO4/c1-17(24(28)18-9-5-4-6-10-18)15-25-16-20-19(21-13-14-22(20)29-21)11-7-2-3-8-12-23(26)27/h2,7,15,17-22H,3-6,8-14,16H2,1H3,(H,26,27)/t17?,19-,20+,21-,22+/m0/s1. The van der Waals surface area contributed by atoms with E-state index in [1.807, 2.05) is 13.1 Å². The summed E-state index contributed by atoms with van der Waals surface area (Å²) >= 11 is 0. The van der Waals surface area contributed by atoms with E-state index in [4.69, 9.17) is 14.8 Å². The Kier molecular flexibility index (Phi) is 8.46. The van der Waals surface area contributed by atoms with Gasteiger partial charge in [-0.25, -0.2) is 0 Å². The molecule has 2 aliphatic heterocycles. The molecule has 5 atom stereocenters. The van der Waals surface area contributed by atoms with Crippen LogP contribution in [-0.4, -0.2) is 41.8 Å². The average Bonchev–Trinajstić information content (AvgIpc) is 3.32. The van der Waals surface area contributed by atoms with Crippen LogP contribution in [0.25, 0.3) is 0 Å². The van der Waals surface area contributed by atoms with Crippen LogP contribution in [0.3, 0.4) is 0 Å². The summed E-state index contributed by atoms with van der Waals surface area (Å²) < 4.78 is 6.15. The van der Waals surface area contributed by atoms with E-state index >= 15 is 0 Å². The molecule has 0 spiro atoms. The first kappa shape index (κ1) is 22.2. The van der Waals surface area contributed by atoms with Gasteiger partial charge >= 0.3 is 5.97 Å². The summed E-state index contributed by atoms with van der Waals surface area (Å²) in [6.07, 6.45) is 17.6. The van der Waals surface area contributed by atoms with E-state index in [2.05, 4.69) is 12.2 Å². The smallest absolute Gasteiger partial charge is 0.303 e. The number of fused-ring (bicyclic) bond motifs is 2. The number of hydrogen-bond acceptors (Lipinski definition) is 4. The fourth-order valence-corrected chi connectivity index (χ4v) is 5.37. The van der Waals surface area contributed by atoms with E-state index in [9.17, 15) is 9.59 Å². The minimum atomic E-state index is -0.728. The molecule has 0 amide bonds. The number of carbonyl (C=O) groups excluding carboxylic acids is 1. The van der Waals surface area contributed by atoms with Gasteiger partial charge in [-0.2, -0.15) is 0 Å². The van der Waals surface area contributed by atoms with E-state index in [-0.39, 0.29) is 18.3 Å². The van der Waals surface area contributed by atoms with Crippen LogP contribution in [0, 0.1) is 23.7 Å². The SMILES string of the molecule is CC(C=NC[C@@H]1[C@H](CC=CCCCC(=O)O)[C@@H]2CC[C@H]1O2)C(=O)C1CCCCC1. The Balaban J connectivity index is 1.45. The van der Waals surface area contributed by atoms with Gasteiger partial charge in [0.2, 0.25) is 0 Å². The topological polar surface area (TPSA) is 76.0 Å². The molecule has 0 aromatic rings. The molecule has 3 rings (SSSR count). The Morgan fingerprint density at radius 3 is 2.52 bits per heavy atom. The monoisotopic (exact) mass is 403 g/mol. The summed E-state index contributed by atoms with van der Waals surface area (Å²) in [5.74, 6) is 0.740. The molecular formula is C24H37NO4. The highest BCUT2D eigenvalue weighted by molar-refractivity contribution is 5.95. The second-order valence-corrected chi connectivity index (χ2v) is 9.15. The lowest BCUT2D eigenvalue weighted by Crippen LogP contribution is -2.29. The number of nitrogens with zero attached hydrogens (tertiary/aromatic N) is 1. The van der Waals surface area contributed by atoms with Crippen molar-refractivity contribution in [3.63, 3.8) is 0 Å². The molecule has 162 valence electrons. The van der Waals surface area contributed by atoms with Gasteiger partial charge in [-0.1, -0.05) is 38.3 Å². The molecule has 1 unspecified atom stereocenters. The average molecular weight is 404 g/mol. The largest absolute Gasteiger partial charge is 0.481 e. The van der Waals surface area contributed by atoms with Gasteiger partial charge in [-0.15, -0.1) is 0 Å². The second kappa shape index (κ2) is 11.1. The van der Waals surface area contributed by atoms with Gasteiger partial charge in [0.05, 0.1) is 18.1 Å².